The minimum Gasteiger partial charge on any atom is -0.497 e. The summed E-state index contributed by atoms with van der Waals surface area (Å²) in [4.78, 5) is 51.8. The van der Waals surface area contributed by atoms with Gasteiger partial charge in [0.15, 0.2) is 9.96 Å². The summed E-state index contributed by atoms with van der Waals surface area (Å²) in [5.74, 6) is 0.0662. The molecule has 2 aromatic carbocycles. The van der Waals surface area contributed by atoms with E-state index in [0.29, 0.717) is 42.0 Å². The number of nitrogens with zero attached hydrogens (tertiary/aromatic N) is 5. The van der Waals surface area contributed by atoms with Gasteiger partial charge < -0.3 is 9.47 Å². The minimum atomic E-state index is -0.780. The van der Waals surface area contributed by atoms with E-state index < -0.39 is 16.9 Å². The maximum Gasteiger partial charge on any atom is 0.338 e. The van der Waals surface area contributed by atoms with Crippen LogP contribution in [0.15, 0.2) is 92.0 Å². The number of allylic oxidation sites excluding steroid dienone is 1. The summed E-state index contributed by atoms with van der Waals surface area (Å²) < 4.78 is 12.4. The summed E-state index contributed by atoms with van der Waals surface area (Å²) in [5, 5.41) is 12.3. The largest absolute Gasteiger partial charge is 0.497 e. The van der Waals surface area contributed by atoms with Gasteiger partial charge in [0, 0.05) is 18.5 Å². The van der Waals surface area contributed by atoms with Crippen molar-refractivity contribution in [3.63, 3.8) is 0 Å². The van der Waals surface area contributed by atoms with Gasteiger partial charge in [0.1, 0.15) is 5.75 Å². The van der Waals surface area contributed by atoms with E-state index in [2.05, 4.69) is 15.0 Å². The predicted octanol–water partition coefficient (Wildman–Crippen LogP) is 3.66. The number of methoxy groups -OCH3 is 1. The van der Waals surface area contributed by atoms with Crippen LogP contribution in [0.2, 0.25) is 0 Å². The Kier molecular flexibility index (Phi) is 8.08. The Morgan fingerprint density at radius 2 is 1.93 bits per heavy atom. The Labute approximate surface area is 241 Å². The number of thiazole rings is 1. The molecule has 0 saturated carbocycles. The average molecular weight is 590 g/mol. The fourth-order valence-electron chi connectivity index (χ4n) is 4.33. The molecular formula is C28H23N5O6S2. The van der Waals surface area contributed by atoms with Gasteiger partial charge in [-0.05, 0) is 67.1 Å². The van der Waals surface area contributed by atoms with E-state index in [0.717, 1.165) is 23.1 Å². The monoisotopic (exact) mass is 589 g/mol. The molecule has 4 aromatic rings. The molecule has 0 bridgehead atoms. The molecule has 1 aliphatic rings. The molecular weight excluding hydrogens is 566 g/mol. The summed E-state index contributed by atoms with van der Waals surface area (Å²) >= 11 is 2.21. The number of nitro groups is 1. The quantitative estimate of drug-likeness (QED) is 0.130. The van der Waals surface area contributed by atoms with Crippen LogP contribution in [0.3, 0.4) is 0 Å². The van der Waals surface area contributed by atoms with Gasteiger partial charge in [0.25, 0.3) is 11.2 Å². The third kappa shape index (κ3) is 5.67. The molecule has 5 rings (SSSR count). The Bertz CT molecular complexity index is 1850. The number of aromatic nitrogens is 3. The molecule has 3 heterocycles. The number of hydrogen-bond acceptors (Lipinski definition) is 11. The van der Waals surface area contributed by atoms with E-state index in [9.17, 15) is 19.7 Å². The molecule has 0 saturated heterocycles. The Morgan fingerprint density at radius 1 is 1.20 bits per heavy atom. The fourth-order valence-corrected chi connectivity index (χ4v) is 6.18. The number of rotatable bonds is 8. The summed E-state index contributed by atoms with van der Waals surface area (Å²) in [6, 6.07) is 12.7. The molecule has 0 spiro atoms. The van der Waals surface area contributed by atoms with E-state index in [1.54, 1.807) is 81.9 Å². The maximum atomic E-state index is 13.8. The van der Waals surface area contributed by atoms with Crippen molar-refractivity contribution in [1.29, 1.82) is 0 Å². The number of carbonyl (C=O) groups is 1. The van der Waals surface area contributed by atoms with Crippen molar-refractivity contribution < 1.29 is 19.2 Å². The fraction of sp³-hybridized carbons (Fsp3) is 0.179. The zero-order valence-electron chi connectivity index (χ0n) is 22.1. The molecule has 0 aliphatic carbocycles. The van der Waals surface area contributed by atoms with Crippen LogP contribution in [0.4, 0.5) is 5.69 Å². The molecule has 0 unspecified atom stereocenters. The Balaban J connectivity index is 1.62. The average Bonchev–Trinajstić information content (AvgIpc) is 3.27. The van der Waals surface area contributed by atoms with Gasteiger partial charge in [-0.2, -0.15) is 0 Å². The zero-order chi connectivity index (χ0) is 29.1. The second-order valence-corrected chi connectivity index (χ2v) is 10.7. The molecule has 1 aliphatic heterocycles. The van der Waals surface area contributed by atoms with Gasteiger partial charge in [-0.1, -0.05) is 29.5 Å². The van der Waals surface area contributed by atoms with Gasteiger partial charge in [0.2, 0.25) is 0 Å². The lowest BCUT2D eigenvalue weighted by Gasteiger charge is -2.24. The smallest absolute Gasteiger partial charge is 0.338 e. The van der Waals surface area contributed by atoms with Crippen molar-refractivity contribution in [3.8, 4) is 5.75 Å². The molecule has 0 amide bonds. The Morgan fingerprint density at radius 3 is 2.59 bits per heavy atom. The van der Waals surface area contributed by atoms with Gasteiger partial charge in [-0.25, -0.2) is 19.8 Å². The zero-order valence-corrected chi connectivity index (χ0v) is 23.8. The van der Waals surface area contributed by atoms with E-state index >= 15 is 0 Å². The second-order valence-electron chi connectivity index (χ2n) is 8.69. The lowest BCUT2D eigenvalue weighted by atomic mass is 9.96. The highest BCUT2D eigenvalue weighted by Crippen LogP contribution is 2.34. The predicted molar refractivity (Wildman–Crippen MR) is 153 cm³/mol. The van der Waals surface area contributed by atoms with Crippen LogP contribution < -0.4 is 19.6 Å². The van der Waals surface area contributed by atoms with Crippen LogP contribution in [0.5, 0.6) is 5.75 Å². The highest BCUT2D eigenvalue weighted by Gasteiger charge is 2.33. The molecule has 0 N–H and O–H groups in total. The topological polar surface area (TPSA) is 139 Å². The van der Waals surface area contributed by atoms with Crippen LogP contribution in [-0.2, 0) is 9.53 Å². The Hall–Kier alpha value is -4.62. The number of nitro benzene ring substituents is 1. The van der Waals surface area contributed by atoms with Crippen LogP contribution in [-0.4, -0.2) is 39.1 Å². The molecule has 1 atom stereocenters. The first-order valence-electron chi connectivity index (χ1n) is 12.4. The SMILES string of the molecule is CCOC(=O)C1=C(C)N=c2s/c(=C/c3ccc(Sc4ncccn4)c([N+](=O)[O-])c3)c(=O)n2[C@@H]1c1ccc(OC)cc1. The summed E-state index contributed by atoms with van der Waals surface area (Å²) in [6.07, 6.45) is 4.70. The van der Waals surface area contributed by atoms with Gasteiger partial charge in [-0.15, -0.1) is 0 Å². The van der Waals surface area contributed by atoms with E-state index in [-0.39, 0.29) is 23.4 Å². The normalized spacial score (nSPS) is 14.8. The molecule has 11 nitrogen and oxygen atoms in total. The third-order valence-electron chi connectivity index (χ3n) is 6.17. The van der Waals surface area contributed by atoms with E-state index in [1.807, 2.05) is 0 Å². The number of ether oxygens (including phenoxy) is 2. The first kappa shape index (κ1) is 27.9. The standard InChI is InChI=1S/C28H23N5O6S2/c1-4-39-26(35)23-16(2)31-28-32(24(23)18-7-9-19(38-3)10-8-18)25(34)22(41-28)15-17-6-11-21(20(14-17)33(36)37)40-27-29-12-5-13-30-27/h5-15,24H,4H2,1-3H3/b22-15+/t24-/m1/s1. The third-order valence-corrected chi connectivity index (χ3v) is 8.11. The van der Waals surface area contributed by atoms with Crippen molar-refractivity contribution in [1.82, 2.24) is 14.5 Å². The van der Waals surface area contributed by atoms with Crippen molar-refractivity contribution in [2.75, 3.05) is 13.7 Å². The van der Waals surface area contributed by atoms with Crippen molar-refractivity contribution >= 4 is 40.8 Å². The summed E-state index contributed by atoms with van der Waals surface area (Å²) in [5.41, 5.74) is 1.31. The summed E-state index contributed by atoms with van der Waals surface area (Å²) in [7, 11) is 1.55. The molecule has 208 valence electrons. The van der Waals surface area contributed by atoms with Gasteiger partial charge in [0.05, 0.1) is 45.4 Å². The minimum absolute atomic E-state index is 0.138. The highest BCUT2D eigenvalue weighted by atomic mass is 32.2. The van der Waals surface area contributed by atoms with Crippen LogP contribution in [0.25, 0.3) is 6.08 Å². The molecule has 41 heavy (non-hydrogen) atoms. The van der Waals surface area contributed by atoms with Crippen molar-refractivity contribution in [3.05, 3.63) is 113 Å². The number of benzene rings is 2. The van der Waals surface area contributed by atoms with Crippen LogP contribution >= 0.6 is 23.1 Å². The first-order chi connectivity index (χ1) is 19.8. The van der Waals surface area contributed by atoms with Crippen LogP contribution in [0, 0.1) is 10.1 Å². The lowest BCUT2D eigenvalue weighted by Crippen LogP contribution is -2.39. The van der Waals surface area contributed by atoms with Crippen molar-refractivity contribution in [2.45, 2.75) is 29.9 Å². The van der Waals surface area contributed by atoms with E-state index in [1.165, 1.54) is 10.6 Å². The molecule has 0 radical (unpaired) electrons. The first-order valence-corrected chi connectivity index (χ1v) is 14.0. The molecule has 13 heteroatoms. The van der Waals surface area contributed by atoms with Crippen molar-refractivity contribution in [2.24, 2.45) is 4.99 Å². The summed E-state index contributed by atoms with van der Waals surface area (Å²) in [6.45, 7) is 3.58. The maximum absolute atomic E-state index is 13.8. The molecule has 2 aromatic heterocycles. The second kappa shape index (κ2) is 11.9. The lowest BCUT2D eigenvalue weighted by molar-refractivity contribution is -0.387. The molecule has 0 fully saturated rings. The highest BCUT2D eigenvalue weighted by molar-refractivity contribution is 7.99. The van der Waals surface area contributed by atoms with Gasteiger partial charge >= 0.3 is 5.97 Å². The number of carbonyl (C=O) groups excluding carboxylic acids is 1. The number of hydrogen-bond donors (Lipinski definition) is 0. The van der Waals surface area contributed by atoms with Crippen LogP contribution in [0.1, 0.15) is 31.0 Å². The number of fused-ring (bicyclic) bond motifs is 1. The number of esters is 1. The van der Waals surface area contributed by atoms with E-state index in [4.69, 9.17) is 9.47 Å². The van der Waals surface area contributed by atoms with Gasteiger partial charge in [-0.3, -0.25) is 19.5 Å².